The fourth-order valence-electron chi connectivity index (χ4n) is 2.61. The molecule has 0 spiro atoms. The molecule has 9 nitrogen and oxygen atoms in total. The molecule has 0 fully saturated rings. The number of benzene rings is 3. The Morgan fingerprint density at radius 1 is 1.00 bits per heavy atom. The second-order valence-corrected chi connectivity index (χ2v) is 6.61. The Morgan fingerprint density at radius 2 is 1.66 bits per heavy atom. The zero-order valence-corrected chi connectivity index (χ0v) is 17.1. The number of nitrogens with one attached hydrogen (secondary N) is 1. The highest BCUT2D eigenvalue weighted by Gasteiger charge is 2.10. The van der Waals surface area contributed by atoms with Crippen LogP contribution in [0.3, 0.4) is 0 Å². The van der Waals surface area contributed by atoms with E-state index in [0.717, 1.165) is 5.56 Å². The van der Waals surface area contributed by atoms with E-state index in [2.05, 4.69) is 10.5 Å². The van der Waals surface area contributed by atoms with E-state index >= 15 is 0 Å². The van der Waals surface area contributed by atoms with Crippen LogP contribution in [0.15, 0.2) is 77.9 Å². The lowest BCUT2D eigenvalue weighted by Gasteiger charge is -2.06. The summed E-state index contributed by atoms with van der Waals surface area (Å²) in [6.07, 6.45) is 1.43. The molecule has 3 aromatic carbocycles. The first-order chi connectivity index (χ1) is 15.4. The highest BCUT2D eigenvalue weighted by molar-refractivity contribution is 5.92. The van der Waals surface area contributed by atoms with Crippen molar-refractivity contribution in [2.45, 2.75) is 6.92 Å². The topological polar surface area (TPSA) is 120 Å². The molecule has 162 valence electrons. The second-order valence-electron chi connectivity index (χ2n) is 6.61. The Balaban J connectivity index is 1.46. The molecule has 3 rings (SSSR count). The van der Waals surface area contributed by atoms with Gasteiger partial charge in [-0.3, -0.25) is 14.9 Å². The third kappa shape index (κ3) is 6.23. The summed E-state index contributed by atoms with van der Waals surface area (Å²) in [5.74, 6) is -0.227. The third-order valence-corrected chi connectivity index (χ3v) is 4.28. The summed E-state index contributed by atoms with van der Waals surface area (Å²) in [7, 11) is 0. The van der Waals surface area contributed by atoms with Crippen LogP contribution in [0.5, 0.6) is 11.5 Å². The van der Waals surface area contributed by atoms with Crippen LogP contribution >= 0.6 is 0 Å². The number of hydrogen-bond acceptors (Lipinski definition) is 7. The number of carbonyl (C=O) groups is 2. The Morgan fingerprint density at radius 3 is 2.31 bits per heavy atom. The lowest BCUT2D eigenvalue weighted by atomic mass is 10.1. The predicted octanol–water partition coefficient (Wildman–Crippen LogP) is 3.65. The molecule has 0 saturated heterocycles. The minimum atomic E-state index is -0.522. The highest BCUT2D eigenvalue weighted by atomic mass is 16.6. The molecule has 0 bridgehead atoms. The van der Waals surface area contributed by atoms with Gasteiger partial charge in [-0.1, -0.05) is 18.2 Å². The molecule has 0 aromatic heterocycles. The van der Waals surface area contributed by atoms with E-state index in [0.29, 0.717) is 22.6 Å². The van der Waals surface area contributed by atoms with Crippen LogP contribution in [0, 0.1) is 17.0 Å². The molecule has 0 aliphatic heterocycles. The number of hydrazone groups is 1. The van der Waals surface area contributed by atoms with Gasteiger partial charge in [0.1, 0.15) is 11.5 Å². The number of non-ortho nitro benzene ring substituents is 1. The molecule has 1 N–H and O–H groups in total. The summed E-state index contributed by atoms with van der Waals surface area (Å²) in [6.45, 7) is 1.53. The number of nitro groups is 1. The molecule has 0 heterocycles. The van der Waals surface area contributed by atoms with Crippen LogP contribution in [0.2, 0.25) is 0 Å². The molecule has 3 aromatic rings. The number of nitrogens with zero attached hydrogens (tertiary/aromatic N) is 2. The maximum absolute atomic E-state index is 12.2. The molecule has 0 saturated carbocycles. The average Bonchev–Trinajstić information content (AvgIpc) is 2.79. The Labute approximate surface area is 183 Å². The minimum Gasteiger partial charge on any atom is -0.484 e. The molecule has 0 radical (unpaired) electrons. The van der Waals surface area contributed by atoms with Crippen molar-refractivity contribution in [3.05, 3.63) is 99.6 Å². The van der Waals surface area contributed by atoms with Crippen molar-refractivity contribution in [2.24, 2.45) is 5.10 Å². The number of esters is 1. The van der Waals surface area contributed by atoms with E-state index in [1.54, 1.807) is 36.4 Å². The van der Waals surface area contributed by atoms with Crippen molar-refractivity contribution in [1.29, 1.82) is 0 Å². The first kappa shape index (κ1) is 22.2. The number of aryl methyl sites for hydroxylation is 1. The van der Waals surface area contributed by atoms with E-state index in [4.69, 9.17) is 9.47 Å². The molecule has 0 unspecified atom stereocenters. The summed E-state index contributed by atoms with van der Waals surface area (Å²) in [5.41, 5.74) is 4.25. The van der Waals surface area contributed by atoms with Gasteiger partial charge in [-0.05, 0) is 60.5 Å². The van der Waals surface area contributed by atoms with Gasteiger partial charge in [0.2, 0.25) is 0 Å². The fourth-order valence-corrected chi connectivity index (χ4v) is 2.61. The van der Waals surface area contributed by atoms with Crippen LogP contribution in [0.4, 0.5) is 5.69 Å². The lowest BCUT2D eigenvalue weighted by molar-refractivity contribution is -0.384. The summed E-state index contributed by atoms with van der Waals surface area (Å²) >= 11 is 0. The summed E-state index contributed by atoms with van der Waals surface area (Å²) < 4.78 is 10.6. The molecular weight excluding hydrogens is 414 g/mol. The van der Waals surface area contributed by atoms with E-state index in [1.807, 2.05) is 19.1 Å². The standard InChI is InChI=1S/C23H19N3O6/c1-16-4-2-3-5-21(16)23(28)32-20-10-6-17(7-11-20)14-24-25-22(27)15-31-19-12-8-18(9-13-19)26(29)30/h2-14H,15H2,1H3,(H,25,27)/b24-14-. The average molecular weight is 433 g/mol. The zero-order valence-electron chi connectivity index (χ0n) is 17.1. The predicted molar refractivity (Wildman–Crippen MR) is 117 cm³/mol. The van der Waals surface area contributed by atoms with Crippen molar-refractivity contribution >= 4 is 23.8 Å². The van der Waals surface area contributed by atoms with Gasteiger partial charge in [0.05, 0.1) is 16.7 Å². The quantitative estimate of drug-likeness (QED) is 0.190. The number of nitro benzene ring substituents is 1. The number of ether oxygens (including phenoxy) is 2. The zero-order chi connectivity index (χ0) is 22.9. The summed E-state index contributed by atoms with van der Waals surface area (Å²) in [4.78, 5) is 34.1. The van der Waals surface area contributed by atoms with Crippen molar-refractivity contribution < 1.29 is 24.0 Å². The molecule has 32 heavy (non-hydrogen) atoms. The highest BCUT2D eigenvalue weighted by Crippen LogP contribution is 2.17. The van der Waals surface area contributed by atoms with Gasteiger partial charge in [0.15, 0.2) is 6.61 Å². The van der Waals surface area contributed by atoms with Crippen molar-refractivity contribution in [1.82, 2.24) is 5.43 Å². The van der Waals surface area contributed by atoms with E-state index < -0.39 is 16.8 Å². The first-order valence-corrected chi connectivity index (χ1v) is 9.49. The molecule has 1 amide bonds. The summed E-state index contributed by atoms with van der Waals surface area (Å²) in [5, 5.41) is 14.5. The third-order valence-electron chi connectivity index (χ3n) is 4.28. The Bertz CT molecular complexity index is 1140. The molecule has 0 aliphatic rings. The maximum Gasteiger partial charge on any atom is 0.343 e. The summed E-state index contributed by atoms with van der Waals surface area (Å²) in [6, 6.07) is 19.1. The van der Waals surface area contributed by atoms with Gasteiger partial charge in [-0.2, -0.15) is 5.10 Å². The van der Waals surface area contributed by atoms with Crippen LogP contribution in [0.1, 0.15) is 21.5 Å². The van der Waals surface area contributed by atoms with Crippen molar-refractivity contribution in [2.75, 3.05) is 6.61 Å². The van der Waals surface area contributed by atoms with Crippen LogP contribution in [-0.4, -0.2) is 29.6 Å². The molecular formula is C23H19N3O6. The minimum absolute atomic E-state index is 0.0673. The van der Waals surface area contributed by atoms with Gasteiger partial charge in [-0.25, -0.2) is 10.2 Å². The van der Waals surface area contributed by atoms with Gasteiger partial charge in [0.25, 0.3) is 11.6 Å². The molecule has 0 atom stereocenters. The SMILES string of the molecule is Cc1ccccc1C(=O)Oc1ccc(/C=N\NC(=O)COc2ccc([N+](=O)[O-])cc2)cc1. The lowest BCUT2D eigenvalue weighted by Crippen LogP contribution is -2.24. The van der Waals surface area contributed by atoms with Crippen molar-refractivity contribution in [3.8, 4) is 11.5 Å². The fraction of sp³-hybridized carbons (Fsp3) is 0.0870. The smallest absolute Gasteiger partial charge is 0.343 e. The van der Waals surface area contributed by atoms with Gasteiger partial charge >= 0.3 is 5.97 Å². The van der Waals surface area contributed by atoms with Gasteiger partial charge in [0, 0.05) is 12.1 Å². The van der Waals surface area contributed by atoms with E-state index in [-0.39, 0.29) is 12.3 Å². The monoisotopic (exact) mass is 433 g/mol. The van der Waals surface area contributed by atoms with Gasteiger partial charge in [-0.15, -0.1) is 0 Å². The number of rotatable bonds is 8. The van der Waals surface area contributed by atoms with E-state index in [1.165, 1.54) is 30.5 Å². The number of hydrogen-bond donors (Lipinski definition) is 1. The molecule has 9 heteroatoms. The van der Waals surface area contributed by atoms with Crippen LogP contribution < -0.4 is 14.9 Å². The van der Waals surface area contributed by atoms with E-state index in [9.17, 15) is 19.7 Å². The second kappa shape index (κ2) is 10.5. The number of carbonyl (C=O) groups excluding carboxylic acids is 2. The largest absolute Gasteiger partial charge is 0.484 e. The first-order valence-electron chi connectivity index (χ1n) is 9.49. The van der Waals surface area contributed by atoms with Crippen LogP contribution in [0.25, 0.3) is 0 Å². The normalized spacial score (nSPS) is 10.5. The van der Waals surface area contributed by atoms with Gasteiger partial charge < -0.3 is 9.47 Å². The maximum atomic E-state index is 12.2. The number of amides is 1. The Hall–Kier alpha value is -4.53. The Kier molecular flexibility index (Phi) is 7.26. The van der Waals surface area contributed by atoms with Crippen LogP contribution in [-0.2, 0) is 4.79 Å². The molecule has 0 aliphatic carbocycles. The van der Waals surface area contributed by atoms with Crippen molar-refractivity contribution in [3.63, 3.8) is 0 Å².